The summed E-state index contributed by atoms with van der Waals surface area (Å²) in [5.74, 6) is 0.940. The number of hydrogen-bond acceptors (Lipinski definition) is 3. The number of carboxylic acid groups (broad SMARTS) is 1. The molecule has 1 heterocycles. The van der Waals surface area contributed by atoms with E-state index in [1.165, 1.54) is 12.8 Å². The van der Waals surface area contributed by atoms with Gasteiger partial charge >= 0.3 is 5.97 Å². The molecule has 1 aromatic rings. The van der Waals surface area contributed by atoms with Crippen molar-refractivity contribution < 1.29 is 19.7 Å². The summed E-state index contributed by atoms with van der Waals surface area (Å²) in [6, 6.07) is 5.35. The van der Waals surface area contributed by atoms with Crippen LogP contribution in [0.5, 0.6) is 5.75 Å². The Bertz CT molecular complexity index is 680. The van der Waals surface area contributed by atoms with Crippen molar-refractivity contribution >= 4 is 5.97 Å². The molecule has 4 nitrogen and oxygen atoms in total. The molecule has 0 aromatic heterocycles. The van der Waals surface area contributed by atoms with Crippen LogP contribution in [0, 0.1) is 11.8 Å². The predicted octanol–water partition coefficient (Wildman–Crippen LogP) is 4.15. The van der Waals surface area contributed by atoms with Gasteiger partial charge in [-0.3, -0.25) is 0 Å². The summed E-state index contributed by atoms with van der Waals surface area (Å²) in [5, 5.41) is 20.4. The highest BCUT2D eigenvalue weighted by molar-refractivity contribution is 5.88. The lowest BCUT2D eigenvalue weighted by molar-refractivity contribution is -0.0574. The number of carbonyl (C=O) groups is 1. The minimum Gasteiger partial charge on any atom is -0.493 e. The van der Waals surface area contributed by atoms with Gasteiger partial charge in [-0.25, -0.2) is 4.79 Å². The van der Waals surface area contributed by atoms with E-state index in [0.717, 1.165) is 55.8 Å². The Morgan fingerprint density at radius 2 is 2.08 bits per heavy atom. The Morgan fingerprint density at radius 1 is 1.28 bits per heavy atom. The highest BCUT2D eigenvalue weighted by Crippen LogP contribution is 2.56. The Morgan fingerprint density at radius 3 is 2.76 bits per heavy atom. The monoisotopic (exact) mass is 344 g/mol. The van der Waals surface area contributed by atoms with Crippen LogP contribution in [0.3, 0.4) is 0 Å². The van der Waals surface area contributed by atoms with Gasteiger partial charge in [0, 0.05) is 11.0 Å². The van der Waals surface area contributed by atoms with E-state index in [1.807, 2.05) is 6.07 Å². The standard InChI is InChI=1S/C21H28O4/c1-2-21-9-8-20(24,12-14-3-4-14)13-16(21)7-10-25-18-11-15(19(22)23)5-6-17(18)21/h5-6,11,14,16,24H,2-4,7-10,12-13H2,1H3,(H,22,23)/t16-,20+,21-/m0/s1. The zero-order valence-electron chi connectivity index (χ0n) is 15.0. The predicted molar refractivity (Wildman–Crippen MR) is 95.1 cm³/mol. The van der Waals surface area contributed by atoms with Crippen molar-refractivity contribution in [2.75, 3.05) is 6.61 Å². The summed E-state index contributed by atoms with van der Waals surface area (Å²) in [4.78, 5) is 11.3. The van der Waals surface area contributed by atoms with E-state index in [4.69, 9.17) is 4.74 Å². The summed E-state index contributed by atoms with van der Waals surface area (Å²) in [5.41, 5.74) is 0.912. The average molecular weight is 344 g/mol. The van der Waals surface area contributed by atoms with Crippen molar-refractivity contribution in [3.63, 3.8) is 0 Å². The fraction of sp³-hybridized carbons (Fsp3) is 0.667. The number of hydrogen-bond donors (Lipinski definition) is 2. The second kappa shape index (κ2) is 6.01. The molecule has 4 rings (SSSR count). The number of rotatable bonds is 4. The van der Waals surface area contributed by atoms with Gasteiger partial charge in [0.05, 0.1) is 17.8 Å². The van der Waals surface area contributed by atoms with E-state index in [9.17, 15) is 15.0 Å². The van der Waals surface area contributed by atoms with E-state index >= 15 is 0 Å². The average Bonchev–Trinajstić information content (AvgIpc) is 3.40. The minimum absolute atomic E-state index is 0.00134. The van der Waals surface area contributed by atoms with Crippen LogP contribution < -0.4 is 4.74 Å². The minimum atomic E-state index is -0.916. The molecule has 1 aromatic carbocycles. The van der Waals surface area contributed by atoms with Crippen LogP contribution in [0.1, 0.15) is 74.2 Å². The molecule has 3 aliphatic rings. The normalized spacial score (nSPS) is 34.4. The van der Waals surface area contributed by atoms with Crippen molar-refractivity contribution in [3.8, 4) is 5.75 Å². The van der Waals surface area contributed by atoms with Gasteiger partial charge in [0.2, 0.25) is 0 Å². The third kappa shape index (κ3) is 2.95. The van der Waals surface area contributed by atoms with Crippen molar-refractivity contribution in [3.05, 3.63) is 29.3 Å². The molecule has 25 heavy (non-hydrogen) atoms. The number of ether oxygens (including phenoxy) is 1. The molecular weight excluding hydrogens is 316 g/mol. The van der Waals surface area contributed by atoms with Crippen molar-refractivity contribution in [1.29, 1.82) is 0 Å². The van der Waals surface area contributed by atoms with Crippen molar-refractivity contribution in [2.24, 2.45) is 11.8 Å². The van der Waals surface area contributed by atoms with Gasteiger partial charge in [0.15, 0.2) is 0 Å². The molecule has 1 aliphatic heterocycles. The quantitative estimate of drug-likeness (QED) is 0.861. The summed E-state index contributed by atoms with van der Waals surface area (Å²) >= 11 is 0. The van der Waals surface area contributed by atoms with Gasteiger partial charge in [-0.2, -0.15) is 0 Å². The van der Waals surface area contributed by atoms with E-state index in [1.54, 1.807) is 12.1 Å². The van der Waals surface area contributed by atoms with Gasteiger partial charge < -0.3 is 14.9 Å². The second-order valence-electron chi connectivity index (χ2n) is 8.44. The molecule has 0 saturated heterocycles. The Hall–Kier alpha value is -1.55. The summed E-state index contributed by atoms with van der Waals surface area (Å²) < 4.78 is 5.97. The van der Waals surface area contributed by atoms with E-state index < -0.39 is 11.6 Å². The van der Waals surface area contributed by atoms with Crippen LogP contribution >= 0.6 is 0 Å². The molecule has 3 atom stereocenters. The Kier molecular flexibility index (Phi) is 4.06. The molecular formula is C21H28O4. The maximum Gasteiger partial charge on any atom is 0.335 e. The first-order valence-electron chi connectivity index (χ1n) is 9.69. The van der Waals surface area contributed by atoms with E-state index in [2.05, 4.69) is 6.92 Å². The fourth-order valence-electron chi connectivity index (χ4n) is 5.35. The smallest absolute Gasteiger partial charge is 0.335 e. The van der Waals surface area contributed by atoms with Gasteiger partial charge in [0.25, 0.3) is 0 Å². The zero-order valence-corrected chi connectivity index (χ0v) is 15.0. The van der Waals surface area contributed by atoms with Crippen LogP contribution in [0.15, 0.2) is 18.2 Å². The largest absolute Gasteiger partial charge is 0.493 e. The second-order valence-corrected chi connectivity index (χ2v) is 8.44. The number of aliphatic hydroxyl groups is 1. The maximum absolute atomic E-state index is 11.3. The molecule has 136 valence electrons. The van der Waals surface area contributed by atoms with Crippen LogP contribution in [0.4, 0.5) is 0 Å². The van der Waals surface area contributed by atoms with Crippen LogP contribution in [0.25, 0.3) is 0 Å². The first-order chi connectivity index (χ1) is 12.0. The molecule has 0 amide bonds. The highest BCUT2D eigenvalue weighted by Gasteiger charge is 2.51. The van der Waals surface area contributed by atoms with E-state index in [-0.39, 0.29) is 11.0 Å². The van der Waals surface area contributed by atoms with Crippen LogP contribution in [0.2, 0.25) is 0 Å². The lowest BCUT2D eigenvalue weighted by Gasteiger charge is -2.49. The Labute approximate surface area is 149 Å². The summed E-state index contributed by atoms with van der Waals surface area (Å²) in [6.07, 6.45) is 8.08. The van der Waals surface area contributed by atoms with Crippen molar-refractivity contribution in [1.82, 2.24) is 0 Å². The Balaban J connectivity index is 1.69. The lowest BCUT2D eigenvalue weighted by atomic mass is 9.56. The maximum atomic E-state index is 11.3. The molecule has 4 heteroatoms. The molecule has 0 unspecified atom stereocenters. The van der Waals surface area contributed by atoms with Crippen LogP contribution in [-0.2, 0) is 5.41 Å². The third-order valence-electron chi connectivity index (χ3n) is 6.93. The molecule has 2 N–H and O–H groups in total. The fourth-order valence-corrected chi connectivity index (χ4v) is 5.35. The summed E-state index contributed by atoms with van der Waals surface area (Å²) in [6.45, 7) is 2.82. The van der Waals surface area contributed by atoms with Gasteiger partial charge in [-0.15, -0.1) is 0 Å². The van der Waals surface area contributed by atoms with Gasteiger partial charge in [-0.1, -0.05) is 25.8 Å². The molecule has 2 fully saturated rings. The molecule has 2 aliphatic carbocycles. The van der Waals surface area contributed by atoms with Crippen LogP contribution in [-0.4, -0.2) is 28.4 Å². The van der Waals surface area contributed by atoms with Gasteiger partial charge in [0.1, 0.15) is 5.75 Å². The molecule has 0 bridgehead atoms. The first-order valence-corrected chi connectivity index (χ1v) is 9.69. The lowest BCUT2D eigenvalue weighted by Crippen LogP contribution is -2.47. The number of fused-ring (bicyclic) bond motifs is 3. The topological polar surface area (TPSA) is 66.8 Å². The number of carboxylic acids is 1. The molecule has 0 radical (unpaired) electrons. The first kappa shape index (κ1) is 16.9. The zero-order chi connectivity index (χ0) is 17.7. The number of aromatic carboxylic acids is 1. The van der Waals surface area contributed by atoms with Crippen molar-refractivity contribution in [2.45, 2.75) is 69.3 Å². The SMILES string of the molecule is CC[C@]12CC[C@@](O)(CC3CC3)C[C@@H]1CCOc1cc(C(=O)O)ccc12. The highest BCUT2D eigenvalue weighted by atomic mass is 16.5. The summed E-state index contributed by atoms with van der Waals surface area (Å²) in [7, 11) is 0. The molecule has 2 saturated carbocycles. The third-order valence-corrected chi connectivity index (χ3v) is 6.93. The van der Waals surface area contributed by atoms with Gasteiger partial charge in [-0.05, 0) is 62.5 Å². The molecule has 0 spiro atoms. The van der Waals surface area contributed by atoms with E-state index in [0.29, 0.717) is 12.5 Å². The number of benzene rings is 1.